The molecule has 0 saturated heterocycles. The van der Waals surface area contributed by atoms with Crippen LogP contribution in [0.25, 0.3) is 0 Å². The molecule has 0 aliphatic carbocycles. The molecule has 0 saturated carbocycles. The summed E-state index contributed by atoms with van der Waals surface area (Å²) in [7, 11) is 0. The van der Waals surface area contributed by atoms with E-state index in [0.29, 0.717) is 0 Å². The van der Waals surface area contributed by atoms with E-state index in [1.807, 2.05) is 0 Å². The fourth-order valence-electron chi connectivity index (χ4n) is 0.405. The summed E-state index contributed by atoms with van der Waals surface area (Å²) in [4.78, 5) is 3.56. The van der Waals surface area contributed by atoms with Crippen molar-refractivity contribution in [2.45, 2.75) is 0 Å². The maximum absolute atomic E-state index is 6.97. The minimum Gasteiger partial charge on any atom is -0.297 e. The molecule has 0 aromatic heterocycles. The molecule has 4 nitrogen and oxygen atoms in total. The van der Waals surface area contributed by atoms with Crippen LogP contribution in [0.5, 0.6) is 0 Å². The summed E-state index contributed by atoms with van der Waals surface area (Å²) in [5.41, 5.74) is 0.174. The molecule has 0 bridgehead atoms. The summed E-state index contributed by atoms with van der Waals surface area (Å²) < 4.78 is 0. The van der Waals surface area contributed by atoms with Crippen LogP contribution in [0, 0.1) is 10.8 Å². The van der Waals surface area contributed by atoms with E-state index >= 15 is 0 Å². The summed E-state index contributed by atoms with van der Waals surface area (Å²) in [5.74, 6) is 0.0347. The zero-order valence-electron chi connectivity index (χ0n) is 4.63. The Morgan fingerprint density at radius 2 is 2.00 bits per heavy atom. The van der Waals surface area contributed by atoms with Crippen molar-refractivity contribution in [1.82, 2.24) is 6.15 Å². The molecule has 1 aliphatic rings. The summed E-state index contributed by atoms with van der Waals surface area (Å²) in [5, 5.41) is 13.9. The third-order valence-corrected chi connectivity index (χ3v) is 0.808. The molecule has 1 rings (SSSR count). The minimum absolute atomic E-state index is 0. The number of allylic oxidation sites excluding steroid dienone is 1. The largest absolute Gasteiger partial charge is 0.297 e. The molecule has 4 heteroatoms. The summed E-state index contributed by atoms with van der Waals surface area (Å²) >= 11 is 0. The van der Waals surface area contributed by atoms with Gasteiger partial charge >= 0.3 is 0 Å². The van der Waals surface area contributed by atoms with E-state index < -0.39 is 0 Å². The summed E-state index contributed by atoms with van der Waals surface area (Å²) in [6, 6.07) is 0. The van der Waals surface area contributed by atoms with Crippen LogP contribution in [0.4, 0.5) is 0 Å². The van der Waals surface area contributed by atoms with Crippen LogP contribution in [0.1, 0.15) is 0 Å². The van der Waals surface area contributed by atoms with Crippen molar-refractivity contribution in [2.24, 2.45) is 4.99 Å². The van der Waals surface area contributed by atoms with Crippen LogP contribution in [0.2, 0.25) is 0 Å². The Bertz CT molecular complexity index is 167. The quantitative estimate of drug-likeness (QED) is 0.456. The Labute approximate surface area is 52.9 Å². The first-order chi connectivity index (χ1) is 3.80. The van der Waals surface area contributed by atoms with Crippen molar-refractivity contribution >= 4 is 17.8 Å². The molecule has 0 fully saturated rings. The molecule has 3 radical (unpaired) electrons. The number of rotatable bonds is 0. The van der Waals surface area contributed by atoms with Gasteiger partial charge in [0.25, 0.3) is 0 Å². The van der Waals surface area contributed by atoms with Gasteiger partial charge in [-0.2, -0.15) is 0 Å². The minimum atomic E-state index is 0. The molecule has 0 unspecified atom stereocenters. The average Bonchev–Trinajstić information content (AvgIpc) is 1.77. The predicted molar refractivity (Wildman–Crippen MR) is 35.2 cm³/mol. The summed E-state index contributed by atoms with van der Waals surface area (Å²) in [6.07, 6.45) is 4.68. The van der Waals surface area contributed by atoms with Gasteiger partial charge < -0.3 is 0 Å². The molecule has 0 atom stereocenters. The molecule has 1 heterocycles. The first-order valence-electron chi connectivity index (χ1n) is 2.19. The monoisotopic (exact) mass is 121 g/mol. The molecular weight excluding hydrogens is 116 g/mol. The first kappa shape index (κ1) is 7.71. The molecule has 9 heavy (non-hydrogen) atoms. The number of hydrogen-bond acceptors (Lipinski definition) is 2. The second-order valence-corrected chi connectivity index (χ2v) is 1.40. The average molecular weight is 121 g/mol. The second-order valence-electron chi connectivity index (χ2n) is 1.40. The van der Waals surface area contributed by atoms with Gasteiger partial charge in [-0.1, -0.05) is 0 Å². The van der Waals surface area contributed by atoms with E-state index in [0.717, 1.165) is 0 Å². The van der Waals surface area contributed by atoms with E-state index in [-0.39, 0.29) is 17.7 Å². The van der Waals surface area contributed by atoms with Gasteiger partial charge in [0.2, 0.25) is 0 Å². The van der Waals surface area contributed by atoms with Crippen molar-refractivity contribution in [3.05, 3.63) is 12.2 Å². The third-order valence-electron chi connectivity index (χ3n) is 0.808. The van der Waals surface area contributed by atoms with Gasteiger partial charge in [0.15, 0.2) is 5.84 Å². The van der Waals surface area contributed by atoms with Crippen LogP contribution in [-0.4, -0.2) is 17.8 Å². The molecule has 2 N–H and O–H groups in total. The van der Waals surface area contributed by atoms with Crippen molar-refractivity contribution in [1.29, 1.82) is 10.8 Å². The number of hydrogen-bond donors (Lipinski definition) is 2. The van der Waals surface area contributed by atoms with Gasteiger partial charge in [0, 0.05) is 12.4 Å². The van der Waals surface area contributed by atoms with Gasteiger partial charge in [-0.25, -0.2) is 4.99 Å². The predicted octanol–water partition coefficient (Wildman–Crippen LogP) is 0.143. The highest BCUT2D eigenvalue weighted by atomic mass is 14.8. The van der Waals surface area contributed by atoms with E-state index in [4.69, 9.17) is 10.8 Å². The van der Waals surface area contributed by atoms with Crippen molar-refractivity contribution < 1.29 is 0 Å². The number of nitrogens with one attached hydrogen (secondary N) is 2. The van der Waals surface area contributed by atoms with Gasteiger partial charge in [0.1, 0.15) is 0 Å². The summed E-state index contributed by atoms with van der Waals surface area (Å²) in [6.45, 7) is 0. The molecule has 0 aromatic rings. The lowest BCUT2D eigenvalue weighted by molar-refractivity contribution is 1.44. The molecular formula is C5H5N4. The SMILES string of the molecule is N=C1C=CC=NC1=N.[N]. The van der Waals surface area contributed by atoms with Gasteiger partial charge in [-0.3, -0.25) is 10.8 Å². The maximum atomic E-state index is 6.97. The Morgan fingerprint density at radius 3 is 2.33 bits per heavy atom. The van der Waals surface area contributed by atoms with Crippen molar-refractivity contribution in [2.75, 3.05) is 0 Å². The highest BCUT2D eigenvalue weighted by molar-refractivity contribution is 6.46. The molecule has 0 amide bonds. The Hall–Kier alpha value is -1.29. The number of nitrogens with zero attached hydrogens (tertiary/aromatic N) is 2. The maximum Gasteiger partial charge on any atom is 0.169 e. The van der Waals surface area contributed by atoms with Gasteiger partial charge in [-0.15, -0.1) is 0 Å². The van der Waals surface area contributed by atoms with E-state index in [9.17, 15) is 0 Å². The number of dihydropyridines is 1. The fraction of sp³-hybridized carbons (Fsp3) is 0. The van der Waals surface area contributed by atoms with Crippen LogP contribution in [-0.2, 0) is 0 Å². The lowest BCUT2D eigenvalue weighted by atomic mass is 10.3. The standard InChI is InChI=1S/C5H5N3.N/c6-4-2-1-3-8-5(4)7;/h1-3,6-7H;. The highest BCUT2D eigenvalue weighted by Gasteiger charge is 1.98. The van der Waals surface area contributed by atoms with Crippen LogP contribution in [0.15, 0.2) is 17.1 Å². The molecule has 1 aliphatic heterocycles. The Balaban J connectivity index is 0.000000640. The Morgan fingerprint density at radius 1 is 1.33 bits per heavy atom. The Kier molecular flexibility index (Phi) is 2.47. The molecule has 0 aromatic carbocycles. The van der Waals surface area contributed by atoms with Gasteiger partial charge in [-0.05, 0) is 12.2 Å². The van der Waals surface area contributed by atoms with Crippen molar-refractivity contribution in [3.63, 3.8) is 0 Å². The third kappa shape index (κ3) is 1.58. The topological polar surface area (TPSA) is 90.6 Å². The smallest absolute Gasteiger partial charge is 0.169 e. The van der Waals surface area contributed by atoms with E-state index in [1.165, 1.54) is 12.3 Å². The fourth-order valence-corrected chi connectivity index (χ4v) is 0.405. The number of aliphatic imine (C=N–C) groups is 1. The first-order valence-corrected chi connectivity index (χ1v) is 2.19. The molecule has 0 spiro atoms. The lowest BCUT2D eigenvalue weighted by Gasteiger charge is -1.95. The second kappa shape index (κ2) is 2.88. The van der Waals surface area contributed by atoms with Crippen molar-refractivity contribution in [3.8, 4) is 0 Å². The zero-order chi connectivity index (χ0) is 5.98. The normalized spacial score (nSPS) is 15.6. The van der Waals surface area contributed by atoms with Crippen LogP contribution in [0.3, 0.4) is 0 Å². The lowest BCUT2D eigenvalue weighted by Crippen LogP contribution is -2.08. The highest BCUT2D eigenvalue weighted by Crippen LogP contribution is 1.87. The number of amidine groups is 1. The van der Waals surface area contributed by atoms with Gasteiger partial charge in [0.05, 0.1) is 5.71 Å². The zero-order valence-corrected chi connectivity index (χ0v) is 4.63. The molecule has 45 valence electrons. The van der Waals surface area contributed by atoms with Crippen LogP contribution < -0.4 is 6.15 Å². The van der Waals surface area contributed by atoms with E-state index in [1.54, 1.807) is 6.08 Å². The van der Waals surface area contributed by atoms with Crippen LogP contribution >= 0.6 is 0 Å². The van der Waals surface area contributed by atoms with E-state index in [2.05, 4.69) is 4.99 Å².